The number of hydrogen-bond donors (Lipinski definition) is 3. The van der Waals surface area contributed by atoms with E-state index in [1.54, 1.807) is 0 Å². The van der Waals surface area contributed by atoms with Gasteiger partial charge in [0.2, 0.25) is 10.0 Å². The number of benzene rings is 1. The summed E-state index contributed by atoms with van der Waals surface area (Å²) in [5.41, 5.74) is 0.554. The molecule has 1 fully saturated rings. The molecule has 2 unspecified atom stereocenters. The smallest absolute Gasteiger partial charge is 0.328 e. The summed E-state index contributed by atoms with van der Waals surface area (Å²) in [7, 11) is -3.78. The molecular formula is C13H15NO6S. The van der Waals surface area contributed by atoms with Gasteiger partial charge < -0.3 is 15.3 Å². The SMILES string of the molecule is O=C(O)/C=C/c1ccc(S(=O)(=O)N2CC(O)C(O)C2)cc1. The van der Waals surface area contributed by atoms with E-state index >= 15 is 0 Å². The van der Waals surface area contributed by atoms with Gasteiger partial charge in [-0.25, -0.2) is 13.2 Å². The first-order valence-corrected chi connectivity index (χ1v) is 7.62. The molecule has 0 aromatic heterocycles. The van der Waals surface area contributed by atoms with Gasteiger partial charge >= 0.3 is 5.97 Å². The standard InChI is InChI=1S/C13H15NO6S/c15-11-7-14(8-12(11)16)21(19,20)10-4-1-9(2-5-10)3-6-13(17)18/h1-6,11-12,15-16H,7-8H2,(H,17,18)/b6-3+. The van der Waals surface area contributed by atoms with Crippen LogP contribution in [-0.2, 0) is 14.8 Å². The Hall–Kier alpha value is -1.74. The summed E-state index contributed by atoms with van der Waals surface area (Å²) in [5.74, 6) is -1.09. The molecule has 0 amide bonds. The fourth-order valence-electron chi connectivity index (χ4n) is 2.00. The number of carbonyl (C=O) groups is 1. The first-order valence-electron chi connectivity index (χ1n) is 6.18. The number of carboxylic acids is 1. The van der Waals surface area contributed by atoms with Gasteiger partial charge in [0.15, 0.2) is 0 Å². The zero-order valence-electron chi connectivity index (χ0n) is 11.0. The second-order valence-electron chi connectivity index (χ2n) is 4.70. The number of aliphatic hydroxyl groups is 2. The quantitative estimate of drug-likeness (QED) is 0.646. The first kappa shape index (κ1) is 15.6. The third kappa shape index (κ3) is 3.48. The molecule has 8 heteroatoms. The number of β-amino-alcohol motifs (C(OH)–C–C–N with tert-alkyl or cyclic N) is 2. The predicted molar refractivity (Wildman–Crippen MR) is 73.9 cm³/mol. The van der Waals surface area contributed by atoms with Gasteiger partial charge in [-0.1, -0.05) is 12.1 Å². The molecule has 1 saturated heterocycles. The van der Waals surface area contributed by atoms with E-state index in [1.165, 1.54) is 30.3 Å². The van der Waals surface area contributed by atoms with Crippen LogP contribution in [0.1, 0.15) is 5.56 Å². The van der Waals surface area contributed by atoms with Crippen molar-refractivity contribution in [1.29, 1.82) is 0 Å². The Bertz CT molecular complexity index is 642. The van der Waals surface area contributed by atoms with Crippen LogP contribution < -0.4 is 0 Å². The highest BCUT2D eigenvalue weighted by atomic mass is 32.2. The number of aliphatic hydroxyl groups excluding tert-OH is 2. The zero-order valence-corrected chi connectivity index (χ0v) is 11.8. The van der Waals surface area contributed by atoms with Crippen LogP contribution in [0.2, 0.25) is 0 Å². The number of carboxylic acid groups (broad SMARTS) is 1. The van der Waals surface area contributed by atoms with Gasteiger partial charge in [-0.3, -0.25) is 0 Å². The van der Waals surface area contributed by atoms with E-state index in [-0.39, 0.29) is 18.0 Å². The van der Waals surface area contributed by atoms with Crippen molar-refractivity contribution in [3.63, 3.8) is 0 Å². The van der Waals surface area contributed by atoms with Gasteiger partial charge in [-0.15, -0.1) is 0 Å². The summed E-state index contributed by atoms with van der Waals surface area (Å²) >= 11 is 0. The van der Waals surface area contributed by atoms with Crippen molar-refractivity contribution in [2.45, 2.75) is 17.1 Å². The zero-order chi connectivity index (χ0) is 15.6. The maximum Gasteiger partial charge on any atom is 0.328 e. The average Bonchev–Trinajstić information content (AvgIpc) is 2.77. The molecular weight excluding hydrogens is 298 g/mol. The minimum absolute atomic E-state index is 0.0243. The van der Waals surface area contributed by atoms with E-state index in [4.69, 9.17) is 5.11 Å². The van der Waals surface area contributed by atoms with Crippen molar-refractivity contribution < 1.29 is 28.5 Å². The lowest BCUT2D eigenvalue weighted by Gasteiger charge is -2.15. The summed E-state index contributed by atoms with van der Waals surface area (Å²) in [6.45, 7) is -0.297. The third-order valence-electron chi connectivity index (χ3n) is 3.16. The fourth-order valence-corrected chi connectivity index (χ4v) is 3.48. The highest BCUT2D eigenvalue weighted by Gasteiger charge is 2.37. The summed E-state index contributed by atoms with van der Waals surface area (Å²) in [5, 5.41) is 27.4. The molecule has 0 bridgehead atoms. The van der Waals surface area contributed by atoms with Crippen LogP contribution in [0.25, 0.3) is 6.08 Å². The summed E-state index contributed by atoms with van der Waals surface area (Å²) in [4.78, 5) is 10.4. The Balaban J connectivity index is 2.20. The van der Waals surface area contributed by atoms with Crippen molar-refractivity contribution in [3.05, 3.63) is 35.9 Å². The Morgan fingerprint density at radius 2 is 1.67 bits per heavy atom. The number of aliphatic carboxylic acids is 1. The topological polar surface area (TPSA) is 115 Å². The predicted octanol–water partition coefficient (Wildman–Crippen LogP) is -0.490. The molecule has 3 N–H and O–H groups in total. The van der Waals surface area contributed by atoms with Gasteiger partial charge in [0.25, 0.3) is 0 Å². The molecule has 1 heterocycles. The summed E-state index contributed by atoms with van der Waals surface area (Å²) in [6, 6.07) is 5.67. The average molecular weight is 313 g/mol. The van der Waals surface area contributed by atoms with Crippen molar-refractivity contribution in [1.82, 2.24) is 4.31 Å². The molecule has 21 heavy (non-hydrogen) atoms. The minimum atomic E-state index is -3.78. The summed E-state index contributed by atoms with van der Waals surface area (Å²) in [6.07, 6.45) is 0.133. The molecule has 1 aliphatic rings. The first-order chi connectivity index (χ1) is 9.80. The number of rotatable bonds is 4. The van der Waals surface area contributed by atoms with Crippen molar-refractivity contribution >= 4 is 22.1 Å². The van der Waals surface area contributed by atoms with Gasteiger partial charge in [-0.05, 0) is 23.8 Å². The van der Waals surface area contributed by atoms with Crippen LogP contribution in [0.3, 0.4) is 0 Å². The molecule has 114 valence electrons. The summed E-state index contributed by atoms with van der Waals surface area (Å²) < 4.78 is 25.6. The van der Waals surface area contributed by atoms with Crippen LogP contribution in [0.15, 0.2) is 35.2 Å². The van der Waals surface area contributed by atoms with E-state index < -0.39 is 28.2 Å². The molecule has 1 aromatic carbocycles. The number of sulfonamides is 1. The van der Waals surface area contributed by atoms with Gasteiger partial charge in [0, 0.05) is 19.2 Å². The van der Waals surface area contributed by atoms with Gasteiger partial charge in [0.1, 0.15) is 0 Å². The van der Waals surface area contributed by atoms with Crippen LogP contribution in [0.5, 0.6) is 0 Å². The van der Waals surface area contributed by atoms with Gasteiger partial charge in [-0.2, -0.15) is 4.31 Å². The van der Waals surface area contributed by atoms with Crippen LogP contribution >= 0.6 is 0 Å². The maximum atomic E-state index is 12.3. The number of hydrogen-bond acceptors (Lipinski definition) is 5. The van der Waals surface area contributed by atoms with Crippen LogP contribution in [0, 0.1) is 0 Å². The third-order valence-corrected chi connectivity index (χ3v) is 5.01. The van der Waals surface area contributed by atoms with Crippen LogP contribution in [0.4, 0.5) is 0 Å². The van der Waals surface area contributed by atoms with Gasteiger partial charge in [0.05, 0.1) is 17.1 Å². The molecule has 7 nitrogen and oxygen atoms in total. The van der Waals surface area contributed by atoms with Crippen LogP contribution in [-0.4, -0.2) is 59.3 Å². The Kier molecular flexibility index (Phi) is 4.43. The minimum Gasteiger partial charge on any atom is -0.478 e. The normalized spacial score (nSPS) is 23.7. The molecule has 2 atom stereocenters. The van der Waals surface area contributed by atoms with E-state index in [0.29, 0.717) is 5.56 Å². The largest absolute Gasteiger partial charge is 0.478 e. The second-order valence-corrected chi connectivity index (χ2v) is 6.64. The van der Waals surface area contributed by atoms with E-state index in [9.17, 15) is 23.4 Å². The second kappa shape index (κ2) is 5.94. The molecule has 1 aliphatic heterocycles. The molecule has 0 saturated carbocycles. The monoisotopic (exact) mass is 313 g/mol. The van der Waals surface area contributed by atoms with Crippen molar-refractivity contribution in [3.8, 4) is 0 Å². The van der Waals surface area contributed by atoms with Crippen molar-refractivity contribution in [2.75, 3.05) is 13.1 Å². The lowest BCUT2D eigenvalue weighted by atomic mass is 10.2. The van der Waals surface area contributed by atoms with E-state index in [0.717, 1.165) is 10.4 Å². The molecule has 0 aliphatic carbocycles. The number of nitrogens with zero attached hydrogens (tertiary/aromatic N) is 1. The highest BCUT2D eigenvalue weighted by molar-refractivity contribution is 7.89. The molecule has 2 rings (SSSR count). The van der Waals surface area contributed by atoms with Crippen molar-refractivity contribution in [2.24, 2.45) is 0 Å². The fraction of sp³-hybridized carbons (Fsp3) is 0.308. The Labute approximate surface area is 121 Å². The van der Waals surface area contributed by atoms with E-state index in [2.05, 4.69) is 0 Å². The Morgan fingerprint density at radius 1 is 1.14 bits per heavy atom. The molecule has 1 aromatic rings. The highest BCUT2D eigenvalue weighted by Crippen LogP contribution is 2.22. The molecule has 0 spiro atoms. The Morgan fingerprint density at radius 3 is 2.14 bits per heavy atom. The van der Waals surface area contributed by atoms with E-state index in [1.807, 2.05) is 0 Å². The molecule has 0 radical (unpaired) electrons. The lowest BCUT2D eigenvalue weighted by molar-refractivity contribution is -0.131. The maximum absolute atomic E-state index is 12.3. The lowest BCUT2D eigenvalue weighted by Crippen LogP contribution is -2.29.